The number of esters is 1. The Bertz CT molecular complexity index is 793. The number of rotatable bonds is 4. The predicted octanol–water partition coefficient (Wildman–Crippen LogP) is 2.23. The highest BCUT2D eigenvalue weighted by atomic mass is 16.5. The van der Waals surface area contributed by atoms with Crippen LogP contribution in [0.25, 0.3) is 16.7 Å². The summed E-state index contributed by atoms with van der Waals surface area (Å²) in [5.74, 6) is -0.174. The highest BCUT2D eigenvalue weighted by Crippen LogP contribution is 2.20. The van der Waals surface area contributed by atoms with Crippen LogP contribution in [0.4, 0.5) is 0 Å². The summed E-state index contributed by atoms with van der Waals surface area (Å²) in [4.78, 5) is 12.7. The van der Waals surface area contributed by atoms with Gasteiger partial charge in [-0.2, -0.15) is 4.80 Å². The molecule has 0 unspecified atom stereocenters. The minimum atomic E-state index is -0.284. The molecule has 2 aromatic carbocycles. The third-order valence-corrected chi connectivity index (χ3v) is 3.33. The minimum Gasteiger partial charge on any atom is -0.508 e. The number of methoxy groups -OCH3 is 1. The highest BCUT2D eigenvalue weighted by Gasteiger charge is 2.08. The zero-order valence-electron chi connectivity index (χ0n) is 12.1. The van der Waals surface area contributed by atoms with Crippen molar-refractivity contribution < 1.29 is 14.6 Å². The molecule has 22 heavy (non-hydrogen) atoms. The van der Waals surface area contributed by atoms with E-state index in [0.717, 1.165) is 16.6 Å². The number of aromatic nitrogens is 3. The monoisotopic (exact) mass is 297 g/mol. The molecule has 6 nitrogen and oxygen atoms in total. The van der Waals surface area contributed by atoms with E-state index in [-0.39, 0.29) is 18.1 Å². The molecule has 0 saturated carbocycles. The van der Waals surface area contributed by atoms with Gasteiger partial charge in [0.1, 0.15) is 16.8 Å². The molecule has 0 aliphatic heterocycles. The number of hydrogen-bond donors (Lipinski definition) is 1. The number of carbonyl (C=O) groups is 1. The van der Waals surface area contributed by atoms with Crippen molar-refractivity contribution in [3.63, 3.8) is 0 Å². The zero-order chi connectivity index (χ0) is 15.5. The SMILES string of the molecule is COC(=O)CCc1cc(O)cc(-n2nc3ccccc3n2)c1. The van der Waals surface area contributed by atoms with Gasteiger partial charge in [0, 0.05) is 12.5 Å². The van der Waals surface area contributed by atoms with Gasteiger partial charge in [0.15, 0.2) is 0 Å². The number of nitrogens with zero attached hydrogens (tertiary/aromatic N) is 3. The maximum Gasteiger partial charge on any atom is 0.305 e. The molecular formula is C16H15N3O3. The predicted molar refractivity (Wildman–Crippen MR) is 80.9 cm³/mol. The molecule has 0 radical (unpaired) electrons. The number of hydrogen-bond acceptors (Lipinski definition) is 5. The van der Waals surface area contributed by atoms with Crippen LogP contribution < -0.4 is 0 Å². The first-order chi connectivity index (χ1) is 10.7. The lowest BCUT2D eigenvalue weighted by Crippen LogP contribution is -2.03. The van der Waals surface area contributed by atoms with Crippen LogP contribution in [-0.2, 0) is 16.0 Å². The van der Waals surface area contributed by atoms with E-state index in [2.05, 4.69) is 14.9 Å². The van der Waals surface area contributed by atoms with E-state index in [0.29, 0.717) is 12.1 Å². The second-order valence-corrected chi connectivity index (χ2v) is 4.91. The van der Waals surface area contributed by atoms with E-state index < -0.39 is 0 Å². The van der Waals surface area contributed by atoms with Gasteiger partial charge in [-0.15, -0.1) is 10.2 Å². The largest absolute Gasteiger partial charge is 0.508 e. The van der Waals surface area contributed by atoms with Crippen molar-refractivity contribution >= 4 is 17.0 Å². The normalized spacial score (nSPS) is 10.8. The van der Waals surface area contributed by atoms with Gasteiger partial charge in [-0.3, -0.25) is 4.79 Å². The van der Waals surface area contributed by atoms with Gasteiger partial charge in [-0.05, 0) is 36.2 Å². The number of carbonyl (C=O) groups excluding carboxylic acids is 1. The van der Waals surface area contributed by atoms with Gasteiger partial charge >= 0.3 is 5.97 Å². The quantitative estimate of drug-likeness (QED) is 0.747. The average molecular weight is 297 g/mol. The van der Waals surface area contributed by atoms with Crippen LogP contribution in [0, 0.1) is 0 Å². The topological polar surface area (TPSA) is 77.2 Å². The maximum absolute atomic E-state index is 11.2. The Hall–Kier alpha value is -2.89. The number of fused-ring (bicyclic) bond motifs is 1. The van der Waals surface area contributed by atoms with Crippen LogP contribution in [0.2, 0.25) is 0 Å². The average Bonchev–Trinajstić information content (AvgIpc) is 2.96. The van der Waals surface area contributed by atoms with Crippen molar-refractivity contribution in [2.45, 2.75) is 12.8 Å². The fourth-order valence-electron chi connectivity index (χ4n) is 2.24. The fraction of sp³-hybridized carbons (Fsp3) is 0.188. The lowest BCUT2D eigenvalue weighted by molar-refractivity contribution is -0.140. The van der Waals surface area contributed by atoms with Gasteiger partial charge in [0.25, 0.3) is 0 Å². The van der Waals surface area contributed by atoms with Gasteiger partial charge in [-0.25, -0.2) is 0 Å². The van der Waals surface area contributed by atoms with Crippen molar-refractivity contribution in [3.05, 3.63) is 48.0 Å². The maximum atomic E-state index is 11.2. The zero-order valence-corrected chi connectivity index (χ0v) is 12.1. The van der Waals surface area contributed by atoms with Crippen LogP contribution in [0.3, 0.4) is 0 Å². The van der Waals surface area contributed by atoms with E-state index in [1.54, 1.807) is 12.1 Å². The van der Waals surface area contributed by atoms with Gasteiger partial charge in [0.2, 0.25) is 0 Å². The van der Waals surface area contributed by atoms with Crippen LogP contribution in [0.1, 0.15) is 12.0 Å². The summed E-state index contributed by atoms with van der Waals surface area (Å²) in [7, 11) is 1.36. The Morgan fingerprint density at radius 1 is 1.18 bits per heavy atom. The Balaban J connectivity index is 1.93. The van der Waals surface area contributed by atoms with Gasteiger partial charge < -0.3 is 9.84 Å². The van der Waals surface area contributed by atoms with Crippen LogP contribution in [0.5, 0.6) is 5.75 Å². The molecule has 3 rings (SSSR count). The fourth-order valence-corrected chi connectivity index (χ4v) is 2.24. The van der Waals surface area contributed by atoms with Crippen molar-refractivity contribution in [2.24, 2.45) is 0 Å². The van der Waals surface area contributed by atoms with Crippen LogP contribution in [0.15, 0.2) is 42.5 Å². The van der Waals surface area contributed by atoms with Crippen LogP contribution in [-0.4, -0.2) is 33.2 Å². The van der Waals surface area contributed by atoms with Crippen LogP contribution >= 0.6 is 0 Å². The Labute approximate surface area is 126 Å². The minimum absolute atomic E-state index is 0.110. The summed E-state index contributed by atoms with van der Waals surface area (Å²) >= 11 is 0. The summed E-state index contributed by atoms with van der Waals surface area (Å²) < 4.78 is 4.63. The molecule has 0 saturated heterocycles. The van der Waals surface area contributed by atoms with E-state index in [1.807, 2.05) is 30.3 Å². The summed E-state index contributed by atoms with van der Waals surface area (Å²) in [5, 5.41) is 18.6. The van der Waals surface area contributed by atoms with Gasteiger partial charge in [0.05, 0.1) is 12.8 Å². The lowest BCUT2D eigenvalue weighted by Gasteiger charge is -2.05. The molecule has 0 spiro atoms. The standard InChI is InChI=1S/C16H15N3O3/c1-22-16(21)7-6-11-8-12(10-13(20)9-11)19-17-14-4-2-3-5-15(14)18-19/h2-5,8-10,20H,6-7H2,1H3. The summed E-state index contributed by atoms with van der Waals surface area (Å²) in [6.07, 6.45) is 0.739. The molecule has 0 bridgehead atoms. The third-order valence-electron chi connectivity index (χ3n) is 3.33. The molecule has 1 N–H and O–H groups in total. The van der Waals surface area contributed by atoms with Crippen molar-refractivity contribution in [1.29, 1.82) is 0 Å². The number of phenolic OH excluding ortho intramolecular Hbond substituents is 1. The Kier molecular flexibility index (Phi) is 3.74. The Morgan fingerprint density at radius 2 is 1.86 bits per heavy atom. The molecule has 0 aliphatic carbocycles. The molecule has 0 atom stereocenters. The number of aryl methyl sites for hydroxylation is 1. The number of ether oxygens (including phenoxy) is 1. The summed E-state index contributed by atoms with van der Waals surface area (Å²) in [6.45, 7) is 0. The second kappa shape index (κ2) is 5.85. The molecule has 3 aromatic rings. The molecular weight excluding hydrogens is 282 g/mol. The summed E-state index contributed by atoms with van der Waals surface area (Å²) in [6, 6.07) is 12.6. The van der Waals surface area contributed by atoms with Crippen molar-refractivity contribution in [2.75, 3.05) is 7.11 Å². The van der Waals surface area contributed by atoms with E-state index in [9.17, 15) is 9.90 Å². The molecule has 0 amide bonds. The molecule has 0 aliphatic rings. The van der Waals surface area contributed by atoms with E-state index in [4.69, 9.17) is 0 Å². The first-order valence-electron chi connectivity index (χ1n) is 6.88. The second-order valence-electron chi connectivity index (χ2n) is 4.91. The molecule has 0 fully saturated rings. The number of phenols is 1. The number of aromatic hydroxyl groups is 1. The molecule has 1 heterocycles. The number of benzene rings is 2. The lowest BCUT2D eigenvalue weighted by atomic mass is 10.1. The molecule has 1 aromatic heterocycles. The van der Waals surface area contributed by atoms with Gasteiger partial charge in [-0.1, -0.05) is 12.1 Å². The first kappa shape index (κ1) is 14.1. The smallest absolute Gasteiger partial charge is 0.305 e. The summed E-state index contributed by atoms with van der Waals surface area (Å²) in [5.41, 5.74) is 3.03. The third kappa shape index (κ3) is 2.90. The van der Waals surface area contributed by atoms with Crippen molar-refractivity contribution in [3.8, 4) is 11.4 Å². The Morgan fingerprint density at radius 3 is 2.50 bits per heavy atom. The molecule has 112 valence electrons. The highest BCUT2D eigenvalue weighted by molar-refractivity contribution is 5.73. The van der Waals surface area contributed by atoms with E-state index >= 15 is 0 Å². The van der Waals surface area contributed by atoms with E-state index in [1.165, 1.54) is 11.9 Å². The molecule has 6 heteroatoms. The van der Waals surface area contributed by atoms with Crippen molar-refractivity contribution in [1.82, 2.24) is 15.0 Å². The first-order valence-corrected chi connectivity index (χ1v) is 6.88.